The number of nitrogens with one attached hydrogen (secondary N) is 3. The quantitative estimate of drug-likeness (QED) is 0.428. The first-order valence-corrected chi connectivity index (χ1v) is 12.6. The molecule has 5 heterocycles. The highest BCUT2D eigenvalue weighted by atomic mass is 32.1. The van der Waals surface area contributed by atoms with Gasteiger partial charge in [0.05, 0.1) is 18.7 Å². The maximum absolute atomic E-state index is 5.81. The fourth-order valence-corrected chi connectivity index (χ4v) is 6.20. The Balaban J connectivity index is 1.45. The molecule has 2 aromatic rings. The van der Waals surface area contributed by atoms with E-state index in [0.717, 1.165) is 54.4 Å². The third-order valence-electron chi connectivity index (χ3n) is 7.81. The van der Waals surface area contributed by atoms with E-state index in [2.05, 4.69) is 50.6 Å². The van der Waals surface area contributed by atoms with Gasteiger partial charge < -0.3 is 20.7 Å². The number of benzene rings is 1. The van der Waals surface area contributed by atoms with Crippen LogP contribution in [0, 0.1) is 11.8 Å². The second kappa shape index (κ2) is 9.95. The molecule has 2 bridgehead atoms. The normalized spacial score (nSPS) is 29.5. The molecular weight excluding hydrogens is 430 g/mol. The van der Waals surface area contributed by atoms with E-state index in [4.69, 9.17) is 17.0 Å². The van der Waals surface area contributed by atoms with Crippen LogP contribution in [0.5, 0.6) is 5.75 Å². The van der Waals surface area contributed by atoms with E-state index < -0.39 is 0 Å². The van der Waals surface area contributed by atoms with E-state index in [9.17, 15) is 0 Å². The summed E-state index contributed by atoms with van der Waals surface area (Å²) in [4.78, 5) is 7.26. The molecule has 1 aromatic heterocycles. The fourth-order valence-electron chi connectivity index (χ4n) is 5.99. The van der Waals surface area contributed by atoms with Crippen molar-refractivity contribution >= 4 is 28.2 Å². The van der Waals surface area contributed by atoms with Crippen LogP contribution in [-0.2, 0) is 0 Å². The number of hydrogen-bond acceptors (Lipinski definition) is 5. The van der Waals surface area contributed by atoms with E-state index >= 15 is 0 Å². The largest absolute Gasteiger partial charge is 0.497 e. The van der Waals surface area contributed by atoms with Gasteiger partial charge in [-0.2, -0.15) is 0 Å². The summed E-state index contributed by atoms with van der Waals surface area (Å²) in [5.74, 6) is 2.12. The predicted octanol–water partition coefficient (Wildman–Crippen LogP) is 3.40. The number of hydrogen-bond donors (Lipinski definition) is 3. The van der Waals surface area contributed by atoms with Crippen LogP contribution in [0.15, 0.2) is 43.1 Å². The lowest BCUT2D eigenvalue weighted by Crippen LogP contribution is -2.58. The highest BCUT2D eigenvalue weighted by Gasteiger charge is 2.43. The minimum Gasteiger partial charge on any atom is -0.497 e. The van der Waals surface area contributed by atoms with Crippen molar-refractivity contribution in [2.45, 2.75) is 43.8 Å². The summed E-state index contributed by atoms with van der Waals surface area (Å²) in [5, 5.41) is 12.6. The highest BCUT2D eigenvalue weighted by Crippen LogP contribution is 2.42. The molecule has 0 amide bonds. The maximum Gasteiger partial charge on any atom is 0.166 e. The third-order valence-corrected chi connectivity index (χ3v) is 8.08. The van der Waals surface area contributed by atoms with Crippen molar-refractivity contribution in [2.24, 2.45) is 11.8 Å². The van der Waals surface area contributed by atoms with Crippen LogP contribution >= 0.6 is 12.2 Å². The Bertz CT molecular complexity index is 1010. The molecule has 6 nitrogen and oxygen atoms in total. The molecule has 4 fully saturated rings. The highest BCUT2D eigenvalue weighted by molar-refractivity contribution is 7.80. The van der Waals surface area contributed by atoms with Crippen molar-refractivity contribution in [3.05, 3.63) is 48.7 Å². The number of aromatic nitrogens is 1. The Kier molecular flexibility index (Phi) is 6.81. The number of ether oxygens (including phenoxy) is 1. The summed E-state index contributed by atoms with van der Waals surface area (Å²) in [6, 6.07) is 9.22. The lowest BCUT2D eigenvalue weighted by atomic mass is 9.73. The van der Waals surface area contributed by atoms with Crippen molar-refractivity contribution in [3.8, 4) is 5.75 Å². The molecule has 7 heteroatoms. The van der Waals surface area contributed by atoms with Gasteiger partial charge in [0.1, 0.15) is 5.75 Å². The van der Waals surface area contributed by atoms with Crippen LogP contribution in [0.4, 0.5) is 0 Å². The van der Waals surface area contributed by atoms with E-state index in [-0.39, 0.29) is 6.04 Å². The van der Waals surface area contributed by atoms with Gasteiger partial charge in [0, 0.05) is 36.8 Å². The number of thiocarbonyl (C=S) groups is 1. The zero-order valence-corrected chi connectivity index (χ0v) is 20.2. The second-order valence-electron chi connectivity index (χ2n) is 9.65. The molecule has 6 rings (SSSR count). The molecule has 1 aromatic carbocycles. The minimum absolute atomic E-state index is 0.0766. The Morgan fingerprint density at radius 1 is 1.39 bits per heavy atom. The van der Waals surface area contributed by atoms with Gasteiger partial charge in [-0.15, -0.1) is 6.58 Å². The molecule has 0 radical (unpaired) electrons. The van der Waals surface area contributed by atoms with Gasteiger partial charge in [-0.1, -0.05) is 6.08 Å². The minimum atomic E-state index is 0.0766. The lowest BCUT2D eigenvalue weighted by molar-refractivity contribution is 0.00429. The summed E-state index contributed by atoms with van der Waals surface area (Å²) in [6.07, 6.45) is 8.91. The molecule has 0 saturated carbocycles. The van der Waals surface area contributed by atoms with Crippen LogP contribution in [0.3, 0.4) is 0 Å². The Labute approximate surface area is 202 Å². The van der Waals surface area contributed by atoms with E-state index in [1.807, 2.05) is 18.3 Å². The monoisotopic (exact) mass is 465 g/mol. The molecule has 4 aliphatic rings. The Hall–Kier alpha value is -2.22. The van der Waals surface area contributed by atoms with Crippen molar-refractivity contribution in [3.63, 3.8) is 0 Å². The zero-order valence-electron chi connectivity index (χ0n) is 19.4. The molecule has 4 saturated heterocycles. The molecule has 4 unspecified atom stereocenters. The van der Waals surface area contributed by atoms with Gasteiger partial charge in [-0.25, -0.2) is 0 Å². The number of fused-ring (bicyclic) bond motifs is 4. The van der Waals surface area contributed by atoms with Crippen LogP contribution in [0.25, 0.3) is 10.9 Å². The van der Waals surface area contributed by atoms with E-state index in [1.54, 1.807) is 7.11 Å². The van der Waals surface area contributed by atoms with Crippen molar-refractivity contribution in [2.75, 3.05) is 33.3 Å². The van der Waals surface area contributed by atoms with Crippen LogP contribution in [-0.4, -0.2) is 60.4 Å². The molecule has 33 heavy (non-hydrogen) atoms. The molecule has 176 valence electrons. The van der Waals surface area contributed by atoms with E-state index in [0.29, 0.717) is 23.9 Å². The SMILES string of the molecule is C=CC1CN2CCC1C[C@H]2C(NC(=S)NC[C@@H]1CCCN1)c1ccnc2ccc(OC)cc12. The predicted molar refractivity (Wildman–Crippen MR) is 138 cm³/mol. The van der Waals surface area contributed by atoms with Gasteiger partial charge in [-0.3, -0.25) is 9.88 Å². The first-order valence-electron chi connectivity index (χ1n) is 12.2. The number of piperidine rings is 3. The number of methoxy groups -OCH3 is 1. The topological polar surface area (TPSA) is 61.5 Å². The van der Waals surface area contributed by atoms with Crippen molar-refractivity contribution in [1.29, 1.82) is 0 Å². The average Bonchev–Trinajstić information content (AvgIpc) is 3.39. The summed E-state index contributed by atoms with van der Waals surface area (Å²) in [5.41, 5.74) is 2.21. The standard InChI is InChI=1S/C26H35N5OS/c1-3-17-16-31-12-9-18(17)13-24(31)25(30-26(33)29-15-19-5-4-10-27-19)21-8-11-28-23-7-6-20(32-2)14-22(21)23/h3,6-8,11,14,17-19,24-25,27H,1,4-5,9-10,12-13,15-16H2,2H3,(H2,29,30,33)/t17?,18?,19-,24-,25?/m0/s1. The number of pyridine rings is 1. The van der Waals surface area contributed by atoms with Crippen LogP contribution < -0.4 is 20.7 Å². The van der Waals surface area contributed by atoms with Crippen molar-refractivity contribution < 1.29 is 4.74 Å². The van der Waals surface area contributed by atoms with Crippen molar-refractivity contribution in [1.82, 2.24) is 25.8 Å². The van der Waals surface area contributed by atoms with Gasteiger partial charge in [0.25, 0.3) is 0 Å². The molecule has 0 spiro atoms. The van der Waals surface area contributed by atoms with Gasteiger partial charge in [0.15, 0.2) is 5.11 Å². The Morgan fingerprint density at radius 3 is 3.03 bits per heavy atom. The maximum atomic E-state index is 5.81. The molecule has 6 atom stereocenters. The lowest BCUT2D eigenvalue weighted by Gasteiger charge is -2.52. The fraction of sp³-hybridized carbons (Fsp3) is 0.538. The summed E-state index contributed by atoms with van der Waals surface area (Å²) >= 11 is 5.81. The molecule has 0 aliphatic carbocycles. The summed E-state index contributed by atoms with van der Waals surface area (Å²) < 4.78 is 5.54. The van der Waals surface area contributed by atoms with Gasteiger partial charge >= 0.3 is 0 Å². The Morgan fingerprint density at radius 2 is 2.30 bits per heavy atom. The molecular formula is C26H35N5OS. The third kappa shape index (κ3) is 4.72. The summed E-state index contributed by atoms with van der Waals surface area (Å²) in [6.45, 7) is 8.27. The first kappa shape index (κ1) is 22.6. The summed E-state index contributed by atoms with van der Waals surface area (Å²) in [7, 11) is 1.71. The number of rotatable bonds is 7. The van der Waals surface area contributed by atoms with Gasteiger partial charge in [-0.05, 0) is 92.7 Å². The molecule has 3 N–H and O–H groups in total. The first-order chi connectivity index (χ1) is 16.2. The smallest absolute Gasteiger partial charge is 0.166 e. The number of nitrogens with zero attached hydrogens (tertiary/aromatic N) is 2. The van der Waals surface area contributed by atoms with E-state index in [1.165, 1.54) is 24.8 Å². The van der Waals surface area contributed by atoms with Crippen LogP contribution in [0.2, 0.25) is 0 Å². The average molecular weight is 466 g/mol. The van der Waals surface area contributed by atoms with Crippen LogP contribution in [0.1, 0.15) is 37.3 Å². The van der Waals surface area contributed by atoms with Gasteiger partial charge in [0.2, 0.25) is 0 Å². The molecule has 4 aliphatic heterocycles. The zero-order chi connectivity index (χ0) is 22.8. The second-order valence-corrected chi connectivity index (χ2v) is 10.1.